The molecule has 3 aromatic carbocycles. The molecule has 1 N–H and O–H groups in total. The SMILES string of the molecule is Cc1ccc(C)n1-c1ccc(OCc2ccc(C(=O)N/N=C/c3ccc(Sc4ccccc4)cc3)o2)cc1. The Hall–Kier alpha value is -4.49. The number of carbonyl (C=O) groups is 1. The second-order valence-corrected chi connectivity index (χ2v) is 9.83. The van der Waals surface area contributed by atoms with Crippen molar-refractivity contribution in [2.24, 2.45) is 5.10 Å². The van der Waals surface area contributed by atoms with Crippen molar-refractivity contribution in [3.05, 3.63) is 132 Å². The van der Waals surface area contributed by atoms with E-state index in [4.69, 9.17) is 9.15 Å². The molecule has 38 heavy (non-hydrogen) atoms. The highest BCUT2D eigenvalue weighted by molar-refractivity contribution is 7.99. The van der Waals surface area contributed by atoms with Crippen LogP contribution in [-0.4, -0.2) is 16.7 Å². The molecular weight excluding hydrogens is 494 g/mol. The fourth-order valence-corrected chi connectivity index (χ4v) is 4.80. The molecule has 0 atom stereocenters. The first-order chi connectivity index (χ1) is 18.5. The molecular formula is C31H27N3O3S. The summed E-state index contributed by atoms with van der Waals surface area (Å²) in [6.45, 7) is 4.37. The number of amides is 1. The quantitative estimate of drug-likeness (QED) is 0.165. The first kappa shape index (κ1) is 25.2. The monoisotopic (exact) mass is 521 g/mol. The summed E-state index contributed by atoms with van der Waals surface area (Å²) in [6, 6.07) is 33.6. The summed E-state index contributed by atoms with van der Waals surface area (Å²) >= 11 is 1.69. The van der Waals surface area contributed by atoms with E-state index >= 15 is 0 Å². The number of carbonyl (C=O) groups excluding carboxylic acids is 1. The fraction of sp³-hybridized carbons (Fsp3) is 0.0968. The van der Waals surface area contributed by atoms with Crippen LogP contribution in [0.3, 0.4) is 0 Å². The maximum atomic E-state index is 12.4. The van der Waals surface area contributed by atoms with Crippen molar-refractivity contribution < 1.29 is 13.9 Å². The van der Waals surface area contributed by atoms with Gasteiger partial charge in [0.15, 0.2) is 5.76 Å². The molecule has 0 radical (unpaired) electrons. The van der Waals surface area contributed by atoms with E-state index in [1.165, 1.54) is 16.3 Å². The van der Waals surface area contributed by atoms with Gasteiger partial charge >= 0.3 is 5.91 Å². The molecule has 0 fully saturated rings. The highest BCUT2D eigenvalue weighted by Crippen LogP contribution is 2.27. The Morgan fingerprint density at radius 1 is 0.868 bits per heavy atom. The lowest BCUT2D eigenvalue weighted by molar-refractivity contribution is 0.0923. The average molecular weight is 522 g/mol. The number of aryl methyl sites for hydroxylation is 2. The van der Waals surface area contributed by atoms with E-state index in [1.54, 1.807) is 30.1 Å². The molecule has 0 unspecified atom stereocenters. The predicted octanol–water partition coefficient (Wildman–Crippen LogP) is 7.18. The lowest BCUT2D eigenvalue weighted by Crippen LogP contribution is -2.16. The van der Waals surface area contributed by atoms with Gasteiger partial charge in [-0.3, -0.25) is 4.79 Å². The van der Waals surface area contributed by atoms with Crippen LogP contribution in [0.2, 0.25) is 0 Å². The molecule has 0 saturated heterocycles. The summed E-state index contributed by atoms with van der Waals surface area (Å²) in [4.78, 5) is 14.7. The molecule has 6 nitrogen and oxygen atoms in total. The Balaban J connectivity index is 1.10. The molecule has 0 aliphatic heterocycles. The van der Waals surface area contributed by atoms with Crippen LogP contribution in [0, 0.1) is 13.8 Å². The van der Waals surface area contributed by atoms with Gasteiger partial charge in [-0.15, -0.1) is 0 Å². The van der Waals surface area contributed by atoms with E-state index in [9.17, 15) is 4.79 Å². The van der Waals surface area contributed by atoms with Gasteiger partial charge in [0, 0.05) is 26.9 Å². The highest BCUT2D eigenvalue weighted by atomic mass is 32.2. The minimum atomic E-state index is -0.425. The van der Waals surface area contributed by atoms with Crippen molar-refractivity contribution >= 4 is 23.9 Å². The minimum absolute atomic E-state index is 0.171. The lowest BCUT2D eigenvalue weighted by atomic mass is 10.2. The average Bonchev–Trinajstić information content (AvgIpc) is 3.55. The predicted molar refractivity (Wildman–Crippen MR) is 150 cm³/mol. The van der Waals surface area contributed by atoms with Crippen LogP contribution in [0.15, 0.2) is 122 Å². The molecule has 0 spiro atoms. The zero-order valence-corrected chi connectivity index (χ0v) is 21.9. The summed E-state index contributed by atoms with van der Waals surface area (Å²) in [7, 11) is 0. The van der Waals surface area contributed by atoms with Gasteiger partial charge in [0.05, 0.1) is 6.21 Å². The topological polar surface area (TPSA) is 68.8 Å². The van der Waals surface area contributed by atoms with Crippen LogP contribution in [0.25, 0.3) is 5.69 Å². The molecule has 1 amide bonds. The van der Waals surface area contributed by atoms with Gasteiger partial charge in [-0.25, -0.2) is 5.43 Å². The highest BCUT2D eigenvalue weighted by Gasteiger charge is 2.11. The number of rotatable bonds is 9. The van der Waals surface area contributed by atoms with Crippen LogP contribution in [0.1, 0.15) is 33.3 Å². The molecule has 7 heteroatoms. The van der Waals surface area contributed by atoms with Crippen molar-refractivity contribution in [2.75, 3.05) is 0 Å². The molecule has 5 aromatic rings. The number of ether oxygens (including phenoxy) is 1. The molecule has 0 aliphatic carbocycles. The van der Waals surface area contributed by atoms with Crippen LogP contribution < -0.4 is 10.2 Å². The third-order valence-electron chi connectivity index (χ3n) is 5.87. The summed E-state index contributed by atoms with van der Waals surface area (Å²) in [5.74, 6) is 1.01. The first-order valence-electron chi connectivity index (χ1n) is 12.2. The second-order valence-electron chi connectivity index (χ2n) is 8.68. The van der Waals surface area contributed by atoms with Gasteiger partial charge < -0.3 is 13.7 Å². The number of furan rings is 1. The Kier molecular flexibility index (Phi) is 7.75. The Bertz CT molecular complexity index is 1520. The maximum Gasteiger partial charge on any atom is 0.307 e. The van der Waals surface area contributed by atoms with Crippen LogP contribution >= 0.6 is 11.8 Å². The lowest BCUT2D eigenvalue weighted by Gasteiger charge is -2.10. The number of aromatic nitrogens is 1. The van der Waals surface area contributed by atoms with Crippen molar-refractivity contribution in [3.8, 4) is 11.4 Å². The van der Waals surface area contributed by atoms with Gasteiger partial charge in [0.1, 0.15) is 18.1 Å². The van der Waals surface area contributed by atoms with E-state index in [2.05, 4.69) is 53.2 Å². The van der Waals surface area contributed by atoms with E-state index in [0.29, 0.717) is 5.76 Å². The smallest absolute Gasteiger partial charge is 0.307 e. The maximum absolute atomic E-state index is 12.4. The van der Waals surface area contributed by atoms with Crippen LogP contribution in [0.4, 0.5) is 0 Å². The zero-order chi connectivity index (χ0) is 26.3. The standard InChI is InChI=1S/C31H27N3O3S/c1-22-8-9-23(2)34(22)25-12-14-26(15-13-25)36-21-27-16-19-30(37-27)31(35)33-32-20-24-10-17-29(18-11-24)38-28-6-4-3-5-7-28/h3-20H,21H2,1-2H3,(H,33,35)/b32-20+. The summed E-state index contributed by atoms with van der Waals surface area (Å²) < 4.78 is 13.7. The largest absolute Gasteiger partial charge is 0.486 e. The normalized spacial score (nSPS) is 11.1. The van der Waals surface area contributed by atoms with Crippen molar-refractivity contribution in [2.45, 2.75) is 30.2 Å². The molecule has 2 heterocycles. The molecule has 2 aromatic heterocycles. The first-order valence-corrected chi connectivity index (χ1v) is 13.0. The minimum Gasteiger partial charge on any atom is -0.486 e. The van der Waals surface area contributed by atoms with Gasteiger partial charge in [-0.1, -0.05) is 42.1 Å². The van der Waals surface area contributed by atoms with Gasteiger partial charge in [-0.2, -0.15) is 5.10 Å². The molecule has 0 bridgehead atoms. The number of hydrazone groups is 1. The number of nitrogens with one attached hydrogen (secondary N) is 1. The van der Waals surface area contributed by atoms with E-state index in [0.717, 1.165) is 21.9 Å². The Morgan fingerprint density at radius 3 is 2.26 bits per heavy atom. The van der Waals surface area contributed by atoms with E-state index in [1.807, 2.05) is 66.7 Å². The molecule has 5 rings (SSSR count). The molecule has 0 aliphatic rings. The summed E-state index contributed by atoms with van der Waals surface area (Å²) in [5.41, 5.74) is 6.82. The fourth-order valence-electron chi connectivity index (χ4n) is 3.97. The van der Waals surface area contributed by atoms with Gasteiger partial charge in [0.2, 0.25) is 0 Å². The van der Waals surface area contributed by atoms with Crippen LogP contribution in [0.5, 0.6) is 5.75 Å². The van der Waals surface area contributed by atoms with Gasteiger partial charge in [0.25, 0.3) is 0 Å². The Labute approximate surface area is 226 Å². The number of nitrogens with zero attached hydrogens (tertiary/aromatic N) is 2. The van der Waals surface area contributed by atoms with Gasteiger partial charge in [-0.05, 0) is 92.2 Å². The summed E-state index contributed by atoms with van der Waals surface area (Å²) in [5, 5.41) is 4.05. The van der Waals surface area contributed by atoms with Crippen molar-refractivity contribution in [1.82, 2.24) is 9.99 Å². The second kappa shape index (κ2) is 11.7. The Morgan fingerprint density at radius 2 is 1.55 bits per heavy atom. The van der Waals surface area contributed by atoms with E-state index in [-0.39, 0.29) is 12.4 Å². The number of benzene rings is 3. The van der Waals surface area contributed by atoms with E-state index < -0.39 is 5.91 Å². The van der Waals surface area contributed by atoms with Crippen molar-refractivity contribution in [1.29, 1.82) is 0 Å². The number of hydrogen-bond acceptors (Lipinski definition) is 5. The molecule has 0 saturated carbocycles. The summed E-state index contributed by atoms with van der Waals surface area (Å²) in [6.07, 6.45) is 1.60. The van der Waals surface area contributed by atoms with Crippen molar-refractivity contribution in [3.63, 3.8) is 0 Å². The third-order valence-corrected chi connectivity index (χ3v) is 6.89. The number of hydrogen-bond donors (Lipinski definition) is 1. The van der Waals surface area contributed by atoms with Crippen LogP contribution in [-0.2, 0) is 6.61 Å². The molecule has 190 valence electrons. The zero-order valence-electron chi connectivity index (χ0n) is 21.1. The third kappa shape index (κ3) is 6.25.